The summed E-state index contributed by atoms with van der Waals surface area (Å²) in [4.78, 5) is 25.1. The van der Waals surface area contributed by atoms with E-state index in [1.54, 1.807) is 32.5 Å². The van der Waals surface area contributed by atoms with Gasteiger partial charge in [-0.1, -0.05) is 15.9 Å². The summed E-state index contributed by atoms with van der Waals surface area (Å²) in [6.45, 7) is 5.45. The molecular weight excluding hydrogens is 376 g/mol. The normalized spacial score (nSPS) is 11.5. The maximum atomic E-state index is 12.6. The molecule has 0 saturated carbocycles. The van der Waals surface area contributed by atoms with Crippen LogP contribution >= 0.6 is 15.9 Å². The van der Waals surface area contributed by atoms with E-state index >= 15 is 0 Å². The molecule has 8 heteroatoms. The van der Waals surface area contributed by atoms with Gasteiger partial charge in [0.2, 0.25) is 5.91 Å². The molecule has 1 heterocycles. The molecule has 130 valence electrons. The van der Waals surface area contributed by atoms with Crippen molar-refractivity contribution in [3.63, 3.8) is 0 Å². The molecule has 0 aliphatic heterocycles. The molecule has 0 radical (unpaired) electrons. The Morgan fingerprint density at radius 2 is 2.04 bits per heavy atom. The Hall–Kier alpha value is -2.09. The lowest BCUT2D eigenvalue weighted by atomic mass is 10.2. The third-order valence-electron chi connectivity index (χ3n) is 3.25. The molecule has 0 unspecified atom stereocenters. The zero-order valence-corrected chi connectivity index (χ0v) is 15.8. The number of aromatic nitrogens is 2. The van der Waals surface area contributed by atoms with Crippen molar-refractivity contribution < 1.29 is 14.3 Å². The number of anilines is 1. The molecule has 0 aliphatic rings. The van der Waals surface area contributed by atoms with Gasteiger partial charge in [0.25, 0.3) is 0 Å². The number of benzene rings is 1. The third kappa shape index (κ3) is 4.25. The minimum Gasteiger partial charge on any atom is -0.443 e. The standard InChI is InChI=1S/C16H21BrN4O3/c1-16(2,3)24-15(23)21(8-7-13(18)22)14-11-6-5-10(17)9-12(11)20(4)19-14/h5-6,9H,7-8H2,1-4H3,(H2,18,22). The van der Waals surface area contributed by atoms with Gasteiger partial charge in [0.15, 0.2) is 5.82 Å². The molecule has 0 aliphatic carbocycles. The van der Waals surface area contributed by atoms with Gasteiger partial charge in [-0.3, -0.25) is 14.4 Å². The van der Waals surface area contributed by atoms with Crippen LogP contribution in [-0.4, -0.2) is 33.9 Å². The average molecular weight is 397 g/mol. The van der Waals surface area contributed by atoms with Crippen LogP contribution in [0.15, 0.2) is 22.7 Å². The number of halogens is 1. The predicted octanol–water partition coefficient (Wildman–Crippen LogP) is 2.95. The zero-order valence-electron chi connectivity index (χ0n) is 14.2. The molecule has 1 aromatic heterocycles. The zero-order chi connectivity index (χ0) is 18.1. The highest BCUT2D eigenvalue weighted by Crippen LogP contribution is 2.29. The number of aryl methyl sites for hydroxylation is 1. The van der Waals surface area contributed by atoms with Crippen LogP contribution < -0.4 is 10.6 Å². The van der Waals surface area contributed by atoms with Crippen LogP contribution in [0.4, 0.5) is 10.6 Å². The van der Waals surface area contributed by atoms with Gasteiger partial charge in [-0.25, -0.2) is 4.79 Å². The lowest BCUT2D eigenvalue weighted by Crippen LogP contribution is -2.39. The van der Waals surface area contributed by atoms with Crippen LogP contribution in [0.2, 0.25) is 0 Å². The average Bonchev–Trinajstić information content (AvgIpc) is 2.73. The van der Waals surface area contributed by atoms with Crippen LogP contribution in [0.5, 0.6) is 0 Å². The number of rotatable bonds is 4. The Labute approximate surface area is 148 Å². The topological polar surface area (TPSA) is 90.5 Å². The number of amides is 2. The van der Waals surface area contributed by atoms with Gasteiger partial charge in [-0.2, -0.15) is 5.10 Å². The van der Waals surface area contributed by atoms with Gasteiger partial charge in [-0.05, 0) is 39.0 Å². The fourth-order valence-electron chi connectivity index (χ4n) is 2.23. The number of primary amides is 1. The molecule has 7 nitrogen and oxygen atoms in total. The van der Waals surface area contributed by atoms with E-state index in [9.17, 15) is 9.59 Å². The van der Waals surface area contributed by atoms with Crippen LogP contribution in [0.3, 0.4) is 0 Å². The number of hydrogen-bond donors (Lipinski definition) is 1. The summed E-state index contributed by atoms with van der Waals surface area (Å²) in [5.74, 6) is -0.0537. The first kappa shape index (κ1) is 18.3. The maximum absolute atomic E-state index is 12.6. The van der Waals surface area contributed by atoms with Crippen molar-refractivity contribution in [2.45, 2.75) is 32.8 Å². The molecule has 2 aromatic rings. The Morgan fingerprint density at radius 3 is 2.62 bits per heavy atom. The Morgan fingerprint density at radius 1 is 1.38 bits per heavy atom. The Balaban J connectivity index is 2.46. The van der Waals surface area contributed by atoms with Gasteiger partial charge in [0, 0.05) is 29.9 Å². The molecule has 0 saturated heterocycles. The minimum atomic E-state index is -0.657. The smallest absolute Gasteiger partial charge is 0.416 e. The second-order valence-corrected chi connectivity index (χ2v) is 7.37. The lowest BCUT2D eigenvalue weighted by Gasteiger charge is -2.26. The number of nitrogens with zero attached hydrogens (tertiary/aromatic N) is 3. The van der Waals surface area contributed by atoms with Crippen molar-refractivity contribution in [2.24, 2.45) is 12.8 Å². The fourth-order valence-corrected chi connectivity index (χ4v) is 2.58. The number of hydrogen-bond acceptors (Lipinski definition) is 4. The number of carbonyl (C=O) groups excluding carboxylic acids is 2. The highest BCUT2D eigenvalue weighted by atomic mass is 79.9. The van der Waals surface area contributed by atoms with Crippen LogP contribution in [-0.2, 0) is 16.6 Å². The van der Waals surface area contributed by atoms with Crippen molar-refractivity contribution in [3.8, 4) is 0 Å². The molecule has 0 atom stereocenters. The quantitative estimate of drug-likeness (QED) is 0.859. The van der Waals surface area contributed by atoms with Crippen molar-refractivity contribution in [3.05, 3.63) is 22.7 Å². The third-order valence-corrected chi connectivity index (χ3v) is 3.74. The largest absolute Gasteiger partial charge is 0.443 e. The van der Waals surface area contributed by atoms with Crippen molar-refractivity contribution in [1.82, 2.24) is 9.78 Å². The molecular formula is C16H21BrN4O3. The molecule has 0 bridgehead atoms. The summed E-state index contributed by atoms with van der Waals surface area (Å²) in [5.41, 5.74) is 5.43. The van der Waals surface area contributed by atoms with E-state index in [0.29, 0.717) is 5.82 Å². The molecule has 2 rings (SSSR count). The number of nitrogens with two attached hydrogens (primary N) is 1. The first-order chi connectivity index (χ1) is 11.1. The highest BCUT2D eigenvalue weighted by Gasteiger charge is 2.27. The first-order valence-electron chi connectivity index (χ1n) is 7.49. The summed E-state index contributed by atoms with van der Waals surface area (Å²) in [6.07, 6.45) is -0.542. The summed E-state index contributed by atoms with van der Waals surface area (Å²) >= 11 is 3.42. The summed E-state index contributed by atoms with van der Waals surface area (Å²) in [5, 5.41) is 5.22. The van der Waals surface area contributed by atoms with E-state index < -0.39 is 17.6 Å². The summed E-state index contributed by atoms with van der Waals surface area (Å²) in [6, 6.07) is 5.64. The number of carbonyl (C=O) groups is 2. The Bertz CT molecular complexity index is 779. The van der Waals surface area contributed by atoms with Gasteiger partial charge in [0.05, 0.1) is 5.52 Å². The molecule has 24 heavy (non-hydrogen) atoms. The van der Waals surface area contributed by atoms with Crippen LogP contribution in [0.25, 0.3) is 10.9 Å². The van der Waals surface area contributed by atoms with Gasteiger partial charge in [0.1, 0.15) is 5.60 Å². The Kier molecular flexibility index (Phi) is 5.17. The molecule has 0 fully saturated rings. The minimum absolute atomic E-state index is 0.0217. The molecule has 1 aromatic carbocycles. The molecule has 2 amide bonds. The van der Waals surface area contributed by atoms with Crippen molar-refractivity contribution in [2.75, 3.05) is 11.4 Å². The van der Waals surface area contributed by atoms with Crippen molar-refractivity contribution in [1.29, 1.82) is 0 Å². The summed E-state index contributed by atoms with van der Waals surface area (Å²) < 4.78 is 8.03. The SMILES string of the molecule is Cn1nc(N(CCC(N)=O)C(=O)OC(C)(C)C)c2ccc(Br)cc21. The van der Waals surface area contributed by atoms with E-state index in [-0.39, 0.29) is 13.0 Å². The van der Waals surface area contributed by atoms with Crippen LogP contribution in [0.1, 0.15) is 27.2 Å². The second-order valence-electron chi connectivity index (χ2n) is 6.46. The molecule has 0 spiro atoms. The molecule has 2 N–H and O–H groups in total. The number of fused-ring (bicyclic) bond motifs is 1. The van der Waals surface area contributed by atoms with E-state index in [1.165, 1.54) is 4.90 Å². The van der Waals surface area contributed by atoms with Crippen LogP contribution in [0, 0.1) is 0 Å². The van der Waals surface area contributed by atoms with Crippen molar-refractivity contribution >= 4 is 44.7 Å². The first-order valence-corrected chi connectivity index (χ1v) is 8.29. The van der Waals surface area contributed by atoms with Gasteiger partial charge in [-0.15, -0.1) is 0 Å². The maximum Gasteiger partial charge on any atom is 0.416 e. The fraction of sp³-hybridized carbons (Fsp3) is 0.438. The van der Waals surface area contributed by atoms with E-state index in [1.807, 2.05) is 18.2 Å². The highest BCUT2D eigenvalue weighted by molar-refractivity contribution is 9.10. The second kappa shape index (κ2) is 6.80. The monoisotopic (exact) mass is 396 g/mol. The predicted molar refractivity (Wildman–Crippen MR) is 95.8 cm³/mol. The van der Waals surface area contributed by atoms with E-state index in [4.69, 9.17) is 10.5 Å². The number of ether oxygens (including phenoxy) is 1. The van der Waals surface area contributed by atoms with E-state index in [0.717, 1.165) is 15.4 Å². The van der Waals surface area contributed by atoms with Gasteiger partial charge < -0.3 is 10.5 Å². The van der Waals surface area contributed by atoms with E-state index in [2.05, 4.69) is 21.0 Å². The van der Waals surface area contributed by atoms with Gasteiger partial charge >= 0.3 is 6.09 Å². The lowest BCUT2D eigenvalue weighted by molar-refractivity contribution is -0.117. The summed E-state index contributed by atoms with van der Waals surface area (Å²) in [7, 11) is 1.79.